The molecule has 0 heterocycles. The molecule has 0 radical (unpaired) electrons. The summed E-state index contributed by atoms with van der Waals surface area (Å²) in [5.41, 5.74) is 0. The van der Waals surface area contributed by atoms with Gasteiger partial charge in [0.05, 0.1) is 0 Å². The van der Waals surface area contributed by atoms with Crippen molar-refractivity contribution in [3.8, 4) is 0 Å². The fourth-order valence-corrected chi connectivity index (χ4v) is 1.31. The highest BCUT2D eigenvalue weighted by atomic mass is 16.1. The molecule has 0 amide bonds. The Labute approximate surface area is 71.7 Å². The summed E-state index contributed by atoms with van der Waals surface area (Å²) >= 11 is 0. The van der Waals surface area contributed by atoms with Gasteiger partial charge in [0.2, 0.25) is 0 Å². The zero-order chi connectivity index (χ0) is 8.69. The lowest BCUT2D eigenvalue weighted by molar-refractivity contribution is -0.114. The minimum Gasteiger partial charge on any atom is -0.300 e. The molecule has 11 heavy (non-hydrogen) atoms. The first-order chi connectivity index (χ1) is 5.13. The highest BCUT2D eigenvalue weighted by Crippen LogP contribution is 2.21. The Morgan fingerprint density at radius 3 is 1.73 bits per heavy atom. The monoisotopic (exact) mass is 158 g/mol. The predicted molar refractivity (Wildman–Crippen MR) is 50.7 cm³/mol. The fraction of sp³-hybridized carbons (Fsp3) is 0.900. The van der Waals surface area contributed by atoms with E-state index in [1.807, 2.05) is 0 Å². The molecule has 1 fully saturated rings. The molecule has 0 aromatic rings. The Morgan fingerprint density at radius 2 is 1.55 bits per heavy atom. The maximum Gasteiger partial charge on any atom is 0.126 e. The number of ketones is 1. The van der Waals surface area contributed by atoms with Crippen molar-refractivity contribution in [3.63, 3.8) is 0 Å². The zero-order valence-electron chi connectivity index (χ0n) is 8.02. The van der Waals surface area contributed by atoms with Crippen molar-refractivity contribution in [1.29, 1.82) is 0 Å². The first-order valence-electron chi connectivity index (χ1n) is 4.60. The molecule has 1 saturated carbocycles. The molecule has 0 aromatic heterocycles. The van der Waals surface area contributed by atoms with Gasteiger partial charge in [-0.15, -0.1) is 0 Å². The van der Waals surface area contributed by atoms with Crippen molar-refractivity contribution in [2.75, 3.05) is 0 Å². The number of carbonyl (C=O) groups is 1. The van der Waals surface area contributed by atoms with Gasteiger partial charge in [0.1, 0.15) is 5.78 Å². The average Bonchev–Trinajstić information content (AvgIpc) is 1.87. The van der Waals surface area contributed by atoms with E-state index in [1.54, 1.807) is 0 Å². The molecule has 1 nitrogen and oxygen atoms in total. The van der Waals surface area contributed by atoms with Gasteiger partial charge >= 0.3 is 0 Å². The molecule has 0 spiro atoms. The molecule has 1 aliphatic rings. The highest BCUT2D eigenvalue weighted by molar-refractivity contribution is 5.72. The Bertz CT molecular complexity index is 102. The molecule has 0 atom stereocenters. The lowest BCUT2D eigenvalue weighted by Gasteiger charge is -2.15. The SMILES string of the molecule is CC(C)=O.CC1CCCCC1.[HH]. The third-order valence-corrected chi connectivity index (χ3v) is 1.89. The molecule has 1 heteroatoms. The van der Waals surface area contributed by atoms with E-state index < -0.39 is 0 Å². The Kier molecular flexibility index (Phi) is 6.19. The molecule has 68 valence electrons. The number of Topliss-reactive ketones (excluding diaryl/α,β-unsaturated/α-hetero) is 1. The fourth-order valence-electron chi connectivity index (χ4n) is 1.31. The van der Waals surface area contributed by atoms with Gasteiger partial charge in [-0.2, -0.15) is 0 Å². The molecule has 0 saturated heterocycles. The van der Waals surface area contributed by atoms with Crippen molar-refractivity contribution < 1.29 is 6.22 Å². The van der Waals surface area contributed by atoms with Crippen LogP contribution >= 0.6 is 0 Å². The quantitative estimate of drug-likeness (QED) is 0.528. The normalized spacial score (nSPS) is 18.5. The summed E-state index contributed by atoms with van der Waals surface area (Å²) in [6.07, 6.45) is 7.44. The minimum absolute atomic E-state index is 0. The number of rotatable bonds is 0. The highest BCUT2D eigenvalue weighted by Gasteiger charge is 2.05. The van der Waals surface area contributed by atoms with Crippen LogP contribution < -0.4 is 0 Å². The van der Waals surface area contributed by atoms with Gasteiger partial charge in [-0.25, -0.2) is 0 Å². The molecule has 0 unspecified atom stereocenters. The standard InChI is InChI=1S/C7H14.C3H6O.H2/c1-7-5-3-2-4-6-7;1-3(2)4;/h7H,2-6H2,1H3;1-2H3;1H. The number of hydrogen-bond donors (Lipinski definition) is 0. The molecule has 0 aliphatic heterocycles. The smallest absolute Gasteiger partial charge is 0.126 e. The second kappa shape index (κ2) is 6.38. The summed E-state index contributed by atoms with van der Waals surface area (Å²) in [4.78, 5) is 9.44. The van der Waals surface area contributed by atoms with E-state index in [9.17, 15) is 4.79 Å². The van der Waals surface area contributed by atoms with Crippen LogP contribution in [0.4, 0.5) is 0 Å². The summed E-state index contributed by atoms with van der Waals surface area (Å²) in [5, 5.41) is 0. The molecule has 0 N–H and O–H groups in total. The van der Waals surface area contributed by atoms with Gasteiger partial charge in [-0.3, -0.25) is 0 Å². The van der Waals surface area contributed by atoms with Crippen LogP contribution in [0.5, 0.6) is 0 Å². The van der Waals surface area contributed by atoms with E-state index in [0.717, 1.165) is 5.92 Å². The molecular weight excluding hydrogens is 136 g/mol. The topological polar surface area (TPSA) is 17.1 Å². The van der Waals surface area contributed by atoms with Crippen molar-refractivity contribution >= 4 is 5.78 Å². The average molecular weight is 158 g/mol. The molecule has 0 aromatic carbocycles. The van der Waals surface area contributed by atoms with Crippen LogP contribution in [-0.2, 0) is 4.79 Å². The molecular formula is C10H22O. The molecule has 1 rings (SSSR count). The van der Waals surface area contributed by atoms with Crippen LogP contribution in [0.1, 0.15) is 54.3 Å². The number of carbonyl (C=O) groups excluding carboxylic acids is 1. The van der Waals surface area contributed by atoms with Gasteiger partial charge in [0, 0.05) is 1.43 Å². The third kappa shape index (κ3) is 9.67. The first kappa shape index (κ1) is 10.7. The summed E-state index contributed by atoms with van der Waals surface area (Å²) in [6, 6.07) is 0. The Hall–Kier alpha value is -0.330. The van der Waals surface area contributed by atoms with E-state index in [-0.39, 0.29) is 7.21 Å². The van der Waals surface area contributed by atoms with Crippen LogP contribution in [0.25, 0.3) is 0 Å². The lowest BCUT2D eigenvalue weighted by Crippen LogP contribution is -1.99. The van der Waals surface area contributed by atoms with E-state index >= 15 is 0 Å². The van der Waals surface area contributed by atoms with Gasteiger partial charge in [0.15, 0.2) is 0 Å². The van der Waals surface area contributed by atoms with Gasteiger partial charge < -0.3 is 4.79 Å². The Morgan fingerprint density at radius 1 is 1.18 bits per heavy atom. The van der Waals surface area contributed by atoms with E-state index in [4.69, 9.17) is 0 Å². The first-order valence-corrected chi connectivity index (χ1v) is 4.60. The summed E-state index contributed by atoms with van der Waals surface area (Å²) in [6.45, 7) is 5.42. The van der Waals surface area contributed by atoms with Crippen LogP contribution in [0.2, 0.25) is 0 Å². The molecule has 0 bridgehead atoms. The van der Waals surface area contributed by atoms with Crippen LogP contribution in [0.3, 0.4) is 0 Å². The Balaban J connectivity index is 0. The van der Waals surface area contributed by atoms with Crippen molar-refractivity contribution in [2.24, 2.45) is 5.92 Å². The predicted octanol–water partition coefficient (Wildman–Crippen LogP) is 3.43. The van der Waals surface area contributed by atoms with Gasteiger partial charge in [-0.05, 0) is 19.8 Å². The molecule has 1 aliphatic carbocycles. The maximum absolute atomic E-state index is 9.44. The third-order valence-electron chi connectivity index (χ3n) is 1.89. The summed E-state index contributed by atoms with van der Waals surface area (Å²) < 4.78 is 0. The van der Waals surface area contributed by atoms with Crippen LogP contribution in [0, 0.1) is 5.92 Å². The van der Waals surface area contributed by atoms with E-state index in [1.165, 1.54) is 46.0 Å². The van der Waals surface area contributed by atoms with E-state index in [2.05, 4.69) is 6.92 Å². The number of hydrogen-bond acceptors (Lipinski definition) is 1. The largest absolute Gasteiger partial charge is 0.300 e. The summed E-state index contributed by atoms with van der Waals surface area (Å²) in [7, 11) is 0. The zero-order valence-corrected chi connectivity index (χ0v) is 8.02. The lowest BCUT2D eigenvalue weighted by atomic mass is 9.91. The van der Waals surface area contributed by atoms with Crippen molar-refractivity contribution in [3.05, 3.63) is 0 Å². The van der Waals surface area contributed by atoms with Crippen molar-refractivity contribution in [1.82, 2.24) is 0 Å². The minimum atomic E-state index is 0. The van der Waals surface area contributed by atoms with Gasteiger partial charge in [0.25, 0.3) is 0 Å². The van der Waals surface area contributed by atoms with Crippen LogP contribution in [-0.4, -0.2) is 5.78 Å². The second-order valence-corrected chi connectivity index (χ2v) is 3.65. The van der Waals surface area contributed by atoms with Crippen LogP contribution in [0.15, 0.2) is 0 Å². The maximum atomic E-state index is 9.44. The van der Waals surface area contributed by atoms with E-state index in [0.29, 0.717) is 0 Å². The van der Waals surface area contributed by atoms with Crippen molar-refractivity contribution in [2.45, 2.75) is 52.9 Å². The summed E-state index contributed by atoms with van der Waals surface area (Å²) in [5.74, 6) is 1.20. The second-order valence-electron chi connectivity index (χ2n) is 3.65. The van der Waals surface area contributed by atoms with Gasteiger partial charge in [-0.1, -0.05) is 39.0 Å².